The summed E-state index contributed by atoms with van der Waals surface area (Å²) in [5, 5.41) is 7.95. The highest BCUT2D eigenvalue weighted by molar-refractivity contribution is 6.32. The molecule has 40 heavy (non-hydrogen) atoms. The molecular formula is C26H23ClF2N8O3. The van der Waals surface area contributed by atoms with Crippen LogP contribution in [0.5, 0.6) is 23.0 Å². The fraction of sp³-hybridized carbons (Fsp3) is 0.269. The normalized spacial score (nSPS) is 17.2. The predicted molar refractivity (Wildman–Crippen MR) is 143 cm³/mol. The maximum atomic E-state index is 14.9. The molecule has 1 saturated heterocycles. The lowest BCUT2D eigenvalue weighted by molar-refractivity contribution is -0.135. The second-order valence-electron chi connectivity index (χ2n) is 9.27. The second kappa shape index (κ2) is 10.3. The lowest BCUT2D eigenvalue weighted by Crippen LogP contribution is -2.52. The zero-order chi connectivity index (χ0) is 27.9. The van der Waals surface area contributed by atoms with Gasteiger partial charge in [-0.25, -0.2) is 28.2 Å². The average molecular weight is 569 g/mol. The van der Waals surface area contributed by atoms with Gasteiger partial charge in [0.2, 0.25) is 0 Å². The first kappa shape index (κ1) is 25.9. The molecule has 1 fully saturated rings. The summed E-state index contributed by atoms with van der Waals surface area (Å²) in [4.78, 5) is 18.4. The quantitative estimate of drug-likeness (QED) is 0.288. The van der Waals surface area contributed by atoms with Crippen molar-refractivity contribution in [3.05, 3.63) is 60.4 Å². The number of ether oxygens (including phenoxy) is 3. The molecule has 6 rings (SSSR count). The molecule has 0 amide bonds. The Balaban J connectivity index is 1.31. The third-order valence-corrected chi connectivity index (χ3v) is 6.75. The van der Waals surface area contributed by atoms with E-state index in [2.05, 4.69) is 30.4 Å². The van der Waals surface area contributed by atoms with Gasteiger partial charge >= 0.3 is 0 Å². The highest BCUT2D eigenvalue weighted by atomic mass is 35.5. The number of fused-ring (bicyclic) bond motifs is 2. The molecule has 0 aliphatic carbocycles. The summed E-state index contributed by atoms with van der Waals surface area (Å²) in [7, 11) is 3.11. The van der Waals surface area contributed by atoms with E-state index in [1.54, 1.807) is 48.5 Å². The molecule has 0 unspecified atom stereocenters. The van der Waals surface area contributed by atoms with E-state index in [0.717, 1.165) is 0 Å². The second-order valence-corrected chi connectivity index (χ2v) is 9.68. The Kier molecular flexibility index (Phi) is 6.68. The van der Waals surface area contributed by atoms with E-state index in [-0.39, 0.29) is 12.2 Å². The van der Waals surface area contributed by atoms with Crippen LogP contribution in [0.1, 0.15) is 6.42 Å². The van der Waals surface area contributed by atoms with E-state index in [0.29, 0.717) is 57.0 Å². The predicted octanol–water partition coefficient (Wildman–Crippen LogP) is 4.98. The lowest BCUT2D eigenvalue weighted by atomic mass is 10.0. The van der Waals surface area contributed by atoms with Crippen LogP contribution in [0, 0.1) is 0 Å². The van der Waals surface area contributed by atoms with E-state index in [1.165, 1.54) is 30.5 Å². The Morgan fingerprint density at radius 1 is 1.07 bits per heavy atom. The summed E-state index contributed by atoms with van der Waals surface area (Å²) >= 11 is 6.53. The summed E-state index contributed by atoms with van der Waals surface area (Å²) < 4.78 is 48.6. The number of nitrogens with one attached hydrogen (secondary N) is 1. The average Bonchev–Trinajstić information content (AvgIpc) is 3.39. The van der Waals surface area contributed by atoms with Crippen molar-refractivity contribution < 1.29 is 23.0 Å². The molecule has 0 bridgehead atoms. The number of hydrogen-bond donors (Lipinski definition) is 1. The summed E-state index contributed by atoms with van der Waals surface area (Å²) in [6.07, 6.45) is 4.72. The Morgan fingerprint density at radius 3 is 2.73 bits per heavy atom. The molecule has 4 heterocycles. The number of hydrogen-bond acceptors (Lipinski definition) is 10. The van der Waals surface area contributed by atoms with Crippen LogP contribution in [-0.4, -0.2) is 73.7 Å². The van der Waals surface area contributed by atoms with Gasteiger partial charge in [-0.2, -0.15) is 10.1 Å². The maximum Gasteiger partial charge on any atom is 0.296 e. The number of alkyl halides is 2. The van der Waals surface area contributed by atoms with Crippen LogP contribution in [-0.2, 0) is 0 Å². The number of halogens is 3. The Morgan fingerprint density at radius 2 is 1.93 bits per heavy atom. The molecule has 11 nitrogen and oxygen atoms in total. The molecule has 1 atom stereocenters. The van der Waals surface area contributed by atoms with Crippen molar-refractivity contribution in [2.24, 2.45) is 0 Å². The van der Waals surface area contributed by atoms with E-state index >= 15 is 0 Å². The number of piperidine rings is 1. The number of anilines is 2. The van der Waals surface area contributed by atoms with Crippen LogP contribution >= 0.6 is 11.6 Å². The van der Waals surface area contributed by atoms with Crippen molar-refractivity contribution in [1.82, 2.24) is 34.4 Å². The minimum atomic E-state index is -3.05. The van der Waals surface area contributed by atoms with Gasteiger partial charge in [-0.3, -0.25) is 0 Å². The first-order chi connectivity index (χ1) is 19.3. The van der Waals surface area contributed by atoms with Crippen LogP contribution < -0.4 is 19.5 Å². The van der Waals surface area contributed by atoms with E-state index < -0.39 is 18.6 Å². The summed E-state index contributed by atoms with van der Waals surface area (Å²) in [6, 6.07) is 8.41. The third-order valence-electron chi connectivity index (χ3n) is 6.46. The molecule has 206 valence electrons. The van der Waals surface area contributed by atoms with Gasteiger partial charge in [0.25, 0.3) is 11.7 Å². The SMILES string of the molecule is COc1ccc2ncnc(Nc3ccc(Oc4cnc5ncnn5c4)c(Cl)c3)c2c1O[C@H]1CCN(C)CC1(F)F. The summed E-state index contributed by atoms with van der Waals surface area (Å²) in [5.74, 6) is -1.05. The molecule has 0 radical (unpaired) electrons. The number of aromatic nitrogens is 6. The number of methoxy groups -OCH3 is 1. The highest BCUT2D eigenvalue weighted by Gasteiger charge is 2.46. The number of rotatable bonds is 7. The van der Waals surface area contributed by atoms with Gasteiger partial charge in [0, 0.05) is 18.7 Å². The molecule has 14 heteroatoms. The number of nitrogens with zero attached hydrogens (tertiary/aromatic N) is 7. The lowest BCUT2D eigenvalue weighted by Gasteiger charge is -2.36. The van der Waals surface area contributed by atoms with Gasteiger partial charge < -0.3 is 24.4 Å². The zero-order valence-corrected chi connectivity index (χ0v) is 22.1. The standard InChI is InChI=1S/C26H23ClF2N8O3/c1-36-8-7-21(26(28,29)12-36)40-23-20(38-2)6-4-18-22(23)24(32-13-31-18)35-15-3-5-19(17(27)9-15)39-16-10-30-25-33-14-34-37(25)11-16/h3-6,9-11,13-14,21H,7-8,12H2,1-2H3,(H,31,32,35)/t21-/m0/s1. The smallest absolute Gasteiger partial charge is 0.296 e. The van der Waals surface area contributed by atoms with Crippen molar-refractivity contribution in [2.45, 2.75) is 18.4 Å². The van der Waals surface area contributed by atoms with Crippen molar-refractivity contribution in [3.63, 3.8) is 0 Å². The molecular weight excluding hydrogens is 546 g/mol. The van der Waals surface area contributed by atoms with Gasteiger partial charge in [-0.15, -0.1) is 0 Å². The monoisotopic (exact) mass is 568 g/mol. The molecule has 2 aromatic carbocycles. The topological polar surface area (TPSA) is 112 Å². The van der Waals surface area contributed by atoms with Crippen LogP contribution in [0.3, 0.4) is 0 Å². The van der Waals surface area contributed by atoms with Gasteiger partial charge in [-0.1, -0.05) is 11.6 Å². The molecule has 3 aromatic heterocycles. The van der Waals surface area contributed by atoms with E-state index in [4.69, 9.17) is 25.8 Å². The fourth-order valence-corrected chi connectivity index (χ4v) is 4.75. The summed E-state index contributed by atoms with van der Waals surface area (Å²) in [5.41, 5.74) is 1.06. The largest absolute Gasteiger partial charge is 0.493 e. The van der Waals surface area contributed by atoms with Gasteiger partial charge in [0.1, 0.15) is 24.2 Å². The van der Waals surface area contributed by atoms with Gasteiger partial charge in [-0.05, 0) is 37.4 Å². The Hall–Kier alpha value is -4.36. The van der Waals surface area contributed by atoms with Crippen LogP contribution in [0.25, 0.3) is 16.7 Å². The Bertz CT molecular complexity index is 1700. The molecule has 1 aliphatic heterocycles. The van der Waals surface area contributed by atoms with Crippen molar-refractivity contribution in [2.75, 3.05) is 32.6 Å². The first-order valence-electron chi connectivity index (χ1n) is 12.3. The molecule has 5 aromatic rings. The van der Waals surface area contributed by atoms with Crippen molar-refractivity contribution in [1.29, 1.82) is 0 Å². The summed E-state index contributed by atoms with van der Waals surface area (Å²) in [6.45, 7) is 0.0760. The van der Waals surface area contributed by atoms with Crippen LogP contribution in [0.2, 0.25) is 5.02 Å². The number of benzene rings is 2. The maximum absolute atomic E-state index is 14.9. The molecule has 1 N–H and O–H groups in total. The van der Waals surface area contributed by atoms with Crippen LogP contribution in [0.15, 0.2) is 55.4 Å². The minimum absolute atomic E-state index is 0.138. The zero-order valence-electron chi connectivity index (χ0n) is 21.4. The molecule has 0 saturated carbocycles. The number of likely N-dealkylation sites (tertiary alicyclic amines) is 1. The van der Waals surface area contributed by atoms with Crippen molar-refractivity contribution >= 4 is 39.8 Å². The molecule has 1 aliphatic rings. The Labute approximate surface area is 231 Å². The first-order valence-corrected chi connectivity index (χ1v) is 12.6. The molecule has 0 spiro atoms. The highest BCUT2D eigenvalue weighted by Crippen LogP contribution is 2.42. The van der Waals surface area contributed by atoms with Crippen molar-refractivity contribution in [3.8, 4) is 23.0 Å². The minimum Gasteiger partial charge on any atom is -0.493 e. The van der Waals surface area contributed by atoms with Gasteiger partial charge in [0.05, 0.1) is 42.0 Å². The third kappa shape index (κ3) is 5.00. The van der Waals surface area contributed by atoms with E-state index in [9.17, 15) is 8.78 Å². The fourth-order valence-electron chi connectivity index (χ4n) is 4.53. The van der Waals surface area contributed by atoms with E-state index in [1.807, 2.05) is 0 Å². The van der Waals surface area contributed by atoms with Gasteiger partial charge in [0.15, 0.2) is 23.4 Å². The van der Waals surface area contributed by atoms with Crippen LogP contribution in [0.4, 0.5) is 20.3 Å².